The van der Waals surface area contributed by atoms with Crippen LogP contribution in [-0.4, -0.2) is 57.0 Å². The van der Waals surface area contributed by atoms with Crippen LogP contribution in [-0.2, 0) is 16.6 Å². The number of nitrogens with two attached hydrogens (primary N) is 1. The quantitative estimate of drug-likeness (QED) is 0.786. The maximum absolute atomic E-state index is 12.9. The third-order valence-corrected chi connectivity index (χ3v) is 6.95. The molecule has 0 atom stereocenters. The van der Waals surface area contributed by atoms with Crippen LogP contribution in [0.2, 0.25) is 0 Å². The predicted octanol–water partition coefficient (Wildman–Crippen LogP) is 1.94. The predicted molar refractivity (Wildman–Crippen MR) is 107 cm³/mol. The number of hydrogen-bond donors (Lipinski definition) is 1. The van der Waals surface area contributed by atoms with E-state index < -0.39 is 10.0 Å². The summed E-state index contributed by atoms with van der Waals surface area (Å²) in [6.45, 7) is 4.39. The number of fused-ring (bicyclic) bond motifs is 1. The summed E-state index contributed by atoms with van der Waals surface area (Å²) in [5.41, 5.74) is 7.35. The van der Waals surface area contributed by atoms with Gasteiger partial charge in [-0.25, -0.2) is 8.42 Å². The average molecular weight is 404 g/mol. The molecule has 0 bridgehead atoms. The van der Waals surface area contributed by atoms with Gasteiger partial charge >= 0.3 is 0 Å². The first-order valence-electron chi connectivity index (χ1n) is 9.49. The molecule has 2 aliphatic rings. The summed E-state index contributed by atoms with van der Waals surface area (Å²) in [4.78, 5) is 2.54. The fourth-order valence-corrected chi connectivity index (χ4v) is 5.14. The number of hydrogen-bond acceptors (Lipinski definition) is 6. The summed E-state index contributed by atoms with van der Waals surface area (Å²) in [7, 11) is -3.53. The van der Waals surface area contributed by atoms with Crippen molar-refractivity contribution in [1.82, 2.24) is 9.21 Å². The van der Waals surface area contributed by atoms with Crippen LogP contribution >= 0.6 is 0 Å². The SMILES string of the molecule is Nc1cccc(S(=O)(=O)N2CCCN(Cc3ccc4c(c3)OCCO4)CC2)c1. The van der Waals surface area contributed by atoms with Crippen LogP contribution in [0.25, 0.3) is 0 Å². The zero-order chi connectivity index (χ0) is 19.6. The van der Waals surface area contributed by atoms with Crippen molar-refractivity contribution in [3.05, 3.63) is 48.0 Å². The summed E-state index contributed by atoms with van der Waals surface area (Å²) in [5.74, 6) is 1.56. The largest absolute Gasteiger partial charge is 0.486 e. The molecule has 0 spiro atoms. The van der Waals surface area contributed by atoms with Crippen LogP contribution in [0.15, 0.2) is 47.4 Å². The lowest BCUT2D eigenvalue weighted by Gasteiger charge is -2.23. The van der Waals surface area contributed by atoms with Crippen molar-refractivity contribution < 1.29 is 17.9 Å². The second-order valence-electron chi connectivity index (χ2n) is 7.08. The van der Waals surface area contributed by atoms with Crippen molar-refractivity contribution in [2.75, 3.05) is 45.1 Å². The Hall–Kier alpha value is -2.29. The highest BCUT2D eigenvalue weighted by molar-refractivity contribution is 7.89. The third-order valence-electron chi connectivity index (χ3n) is 5.06. The van der Waals surface area contributed by atoms with Gasteiger partial charge in [0.1, 0.15) is 13.2 Å². The van der Waals surface area contributed by atoms with Gasteiger partial charge in [-0.05, 0) is 48.9 Å². The van der Waals surface area contributed by atoms with Gasteiger partial charge in [0.05, 0.1) is 4.90 Å². The van der Waals surface area contributed by atoms with Crippen LogP contribution in [0.5, 0.6) is 11.5 Å². The van der Waals surface area contributed by atoms with E-state index >= 15 is 0 Å². The molecule has 28 heavy (non-hydrogen) atoms. The smallest absolute Gasteiger partial charge is 0.243 e. The highest BCUT2D eigenvalue weighted by Gasteiger charge is 2.27. The molecule has 8 heteroatoms. The Labute approximate surface area is 165 Å². The van der Waals surface area contributed by atoms with E-state index in [9.17, 15) is 8.42 Å². The number of anilines is 1. The monoisotopic (exact) mass is 403 g/mol. The number of rotatable bonds is 4. The maximum Gasteiger partial charge on any atom is 0.243 e. The molecule has 1 saturated heterocycles. The summed E-state index contributed by atoms with van der Waals surface area (Å²) < 4.78 is 38.7. The van der Waals surface area contributed by atoms with Crippen molar-refractivity contribution >= 4 is 15.7 Å². The summed E-state index contributed by atoms with van der Waals surface area (Å²) in [5, 5.41) is 0. The van der Waals surface area contributed by atoms with Gasteiger partial charge in [0, 0.05) is 31.9 Å². The Bertz CT molecular complexity index is 948. The normalized spacial score (nSPS) is 18.6. The Kier molecular flexibility index (Phi) is 5.43. The van der Waals surface area contributed by atoms with E-state index in [1.54, 1.807) is 22.5 Å². The first kappa shape index (κ1) is 19.0. The Morgan fingerprint density at radius 3 is 2.57 bits per heavy atom. The van der Waals surface area contributed by atoms with E-state index in [1.165, 1.54) is 6.07 Å². The lowest BCUT2D eigenvalue weighted by atomic mass is 10.1. The number of sulfonamides is 1. The average Bonchev–Trinajstić information content (AvgIpc) is 2.94. The molecule has 2 aromatic rings. The topological polar surface area (TPSA) is 85.1 Å². The summed E-state index contributed by atoms with van der Waals surface area (Å²) >= 11 is 0. The van der Waals surface area contributed by atoms with Crippen LogP contribution in [0.4, 0.5) is 5.69 Å². The summed E-state index contributed by atoms with van der Waals surface area (Å²) in [6, 6.07) is 12.5. The van der Waals surface area contributed by atoms with E-state index in [0.29, 0.717) is 38.5 Å². The fourth-order valence-electron chi connectivity index (χ4n) is 3.61. The Morgan fingerprint density at radius 2 is 1.75 bits per heavy atom. The van der Waals surface area contributed by atoms with Gasteiger partial charge in [-0.3, -0.25) is 4.90 Å². The lowest BCUT2D eigenvalue weighted by Crippen LogP contribution is -2.35. The van der Waals surface area contributed by atoms with Crippen molar-refractivity contribution in [1.29, 1.82) is 0 Å². The zero-order valence-corrected chi connectivity index (χ0v) is 16.5. The van der Waals surface area contributed by atoms with E-state index in [4.69, 9.17) is 15.2 Å². The molecule has 0 radical (unpaired) electrons. The molecule has 2 aromatic carbocycles. The van der Waals surface area contributed by atoms with Gasteiger partial charge < -0.3 is 15.2 Å². The molecule has 0 aromatic heterocycles. The molecule has 7 nitrogen and oxygen atoms in total. The Balaban J connectivity index is 1.42. The van der Waals surface area contributed by atoms with E-state index in [-0.39, 0.29) is 4.90 Å². The van der Waals surface area contributed by atoms with Gasteiger partial charge in [-0.2, -0.15) is 4.31 Å². The maximum atomic E-state index is 12.9. The lowest BCUT2D eigenvalue weighted by molar-refractivity contribution is 0.171. The van der Waals surface area contributed by atoms with Gasteiger partial charge in [-0.1, -0.05) is 12.1 Å². The molecule has 150 valence electrons. The van der Waals surface area contributed by atoms with Gasteiger partial charge in [-0.15, -0.1) is 0 Å². The second kappa shape index (κ2) is 7.98. The summed E-state index contributed by atoms with van der Waals surface area (Å²) in [6.07, 6.45) is 0.784. The van der Waals surface area contributed by atoms with Gasteiger partial charge in [0.25, 0.3) is 0 Å². The van der Waals surface area contributed by atoms with Crippen LogP contribution in [0, 0.1) is 0 Å². The third kappa shape index (κ3) is 4.09. The molecule has 4 rings (SSSR count). The highest BCUT2D eigenvalue weighted by Crippen LogP contribution is 2.31. The van der Waals surface area contributed by atoms with Gasteiger partial charge in [0.15, 0.2) is 11.5 Å². The van der Waals surface area contributed by atoms with Crippen molar-refractivity contribution in [3.8, 4) is 11.5 Å². The molecule has 1 fully saturated rings. The van der Waals surface area contributed by atoms with E-state index in [2.05, 4.69) is 4.90 Å². The standard InChI is InChI=1S/C20H25N3O4S/c21-17-3-1-4-18(14-17)28(24,25)23-8-2-7-22(9-10-23)15-16-5-6-19-20(13-16)27-12-11-26-19/h1,3-6,13-14H,2,7-12,15,21H2. The molecule has 2 aliphatic heterocycles. The number of ether oxygens (including phenoxy) is 2. The first-order valence-corrected chi connectivity index (χ1v) is 10.9. The zero-order valence-electron chi connectivity index (χ0n) is 15.7. The first-order chi connectivity index (χ1) is 13.5. The molecule has 0 unspecified atom stereocenters. The molecule has 0 amide bonds. The molecule has 0 saturated carbocycles. The van der Waals surface area contributed by atoms with Crippen molar-refractivity contribution in [3.63, 3.8) is 0 Å². The number of nitrogens with zero attached hydrogens (tertiary/aromatic N) is 2. The molecule has 2 heterocycles. The van der Waals surface area contributed by atoms with E-state index in [0.717, 1.165) is 36.6 Å². The van der Waals surface area contributed by atoms with Crippen LogP contribution < -0.4 is 15.2 Å². The molecule has 0 aliphatic carbocycles. The minimum absolute atomic E-state index is 0.257. The van der Waals surface area contributed by atoms with Crippen molar-refractivity contribution in [2.45, 2.75) is 17.9 Å². The number of benzene rings is 2. The molecular weight excluding hydrogens is 378 g/mol. The van der Waals surface area contributed by atoms with Gasteiger partial charge in [0.2, 0.25) is 10.0 Å². The van der Waals surface area contributed by atoms with Crippen molar-refractivity contribution in [2.24, 2.45) is 0 Å². The molecular formula is C20H25N3O4S. The van der Waals surface area contributed by atoms with Crippen LogP contribution in [0.1, 0.15) is 12.0 Å². The molecule has 2 N–H and O–H groups in total. The van der Waals surface area contributed by atoms with Crippen LogP contribution in [0.3, 0.4) is 0 Å². The van der Waals surface area contributed by atoms with E-state index in [1.807, 2.05) is 18.2 Å². The highest BCUT2D eigenvalue weighted by atomic mass is 32.2. The minimum Gasteiger partial charge on any atom is -0.486 e. The minimum atomic E-state index is -3.53. The fraction of sp³-hybridized carbons (Fsp3) is 0.400. The number of nitrogen functional groups attached to an aromatic ring is 1. The second-order valence-corrected chi connectivity index (χ2v) is 9.02. The Morgan fingerprint density at radius 1 is 0.929 bits per heavy atom.